The van der Waals surface area contributed by atoms with E-state index in [1.54, 1.807) is 12.1 Å². The summed E-state index contributed by atoms with van der Waals surface area (Å²) in [4.78, 5) is 10.7. The van der Waals surface area contributed by atoms with E-state index in [2.05, 4.69) is 5.32 Å². The molecule has 1 heterocycles. The third-order valence-corrected chi connectivity index (χ3v) is 2.10. The van der Waals surface area contributed by atoms with E-state index in [-0.39, 0.29) is 0 Å². The van der Waals surface area contributed by atoms with Crippen LogP contribution in [-0.4, -0.2) is 17.6 Å². The summed E-state index contributed by atoms with van der Waals surface area (Å²) < 4.78 is 0. The molecule has 2 rings (SSSR count). The zero-order chi connectivity index (χ0) is 8.55. The molecule has 0 fully saturated rings. The maximum absolute atomic E-state index is 10.7. The first-order chi connectivity index (χ1) is 5.79. The summed E-state index contributed by atoms with van der Waals surface area (Å²) >= 11 is 0. The van der Waals surface area contributed by atoms with Gasteiger partial charge in [0.25, 0.3) is 0 Å². The molecule has 0 amide bonds. The highest BCUT2D eigenvalue weighted by Gasteiger charge is 2.17. The Hall–Kier alpha value is -1.51. The summed E-state index contributed by atoms with van der Waals surface area (Å²) in [6.07, 6.45) is 0.817. The van der Waals surface area contributed by atoms with Gasteiger partial charge in [-0.2, -0.15) is 0 Å². The average Bonchev–Trinajstić information content (AvgIpc) is 2.49. The number of fused-ring (bicyclic) bond motifs is 1. The van der Waals surface area contributed by atoms with Crippen LogP contribution >= 0.6 is 0 Å². The number of hydrogen-bond donors (Lipinski definition) is 2. The Kier molecular flexibility index (Phi) is 1.50. The predicted molar refractivity (Wildman–Crippen MR) is 45.6 cm³/mol. The van der Waals surface area contributed by atoms with Gasteiger partial charge in [-0.05, 0) is 24.1 Å². The quantitative estimate of drug-likeness (QED) is 0.657. The monoisotopic (exact) mass is 163 g/mol. The Labute approximate surface area is 70.0 Å². The van der Waals surface area contributed by atoms with Crippen LogP contribution in [0.25, 0.3) is 0 Å². The van der Waals surface area contributed by atoms with Crippen molar-refractivity contribution in [1.29, 1.82) is 0 Å². The first-order valence-electron chi connectivity index (χ1n) is 3.88. The Bertz CT molecular complexity index is 333. The number of carboxylic acid groups (broad SMARTS) is 1. The van der Waals surface area contributed by atoms with E-state index in [0.29, 0.717) is 5.56 Å². The maximum Gasteiger partial charge on any atom is 0.336 e. The summed E-state index contributed by atoms with van der Waals surface area (Å²) in [5, 5.41) is 12.0. The number of benzene rings is 1. The molecule has 1 aliphatic rings. The number of nitrogens with one attached hydrogen (secondary N) is 1. The third kappa shape index (κ3) is 0.942. The standard InChI is InChI=1S/C9H9NO2/c11-9(12)7-2-1-3-8-6(7)4-5-10-8/h1-3,10H,4-5H2,(H,11,12). The van der Waals surface area contributed by atoms with Gasteiger partial charge in [0.15, 0.2) is 0 Å². The highest BCUT2D eigenvalue weighted by Crippen LogP contribution is 2.25. The van der Waals surface area contributed by atoms with Crippen molar-refractivity contribution in [3.8, 4) is 0 Å². The molecule has 0 aromatic heterocycles. The van der Waals surface area contributed by atoms with Gasteiger partial charge in [-0.1, -0.05) is 6.07 Å². The van der Waals surface area contributed by atoms with Crippen LogP contribution in [0.2, 0.25) is 0 Å². The SMILES string of the molecule is O=C(O)c1cccc2c1CCN2. The topological polar surface area (TPSA) is 49.3 Å². The van der Waals surface area contributed by atoms with Gasteiger partial charge in [0, 0.05) is 12.2 Å². The molecule has 0 bridgehead atoms. The van der Waals surface area contributed by atoms with Crippen molar-refractivity contribution in [2.75, 3.05) is 11.9 Å². The predicted octanol–water partition coefficient (Wildman–Crippen LogP) is 1.35. The molecule has 2 N–H and O–H groups in total. The van der Waals surface area contributed by atoms with E-state index in [0.717, 1.165) is 24.2 Å². The highest BCUT2D eigenvalue weighted by molar-refractivity contribution is 5.91. The lowest BCUT2D eigenvalue weighted by atomic mass is 10.1. The molecule has 0 saturated heterocycles. The Morgan fingerprint density at radius 2 is 2.33 bits per heavy atom. The van der Waals surface area contributed by atoms with E-state index in [9.17, 15) is 4.79 Å². The fraction of sp³-hybridized carbons (Fsp3) is 0.222. The normalized spacial score (nSPS) is 13.7. The van der Waals surface area contributed by atoms with Crippen LogP contribution in [0.1, 0.15) is 15.9 Å². The van der Waals surface area contributed by atoms with Crippen molar-refractivity contribution in [2.24, 2.45) is 0 Å². The second-order valence-electron chi connectivity index (χ2n) is 2.81. The molecular formula is C9H9NO2. The van der Waals surface area contributed by atoms with Crippen LogP contribution in [0.4, 0.5) is 5.69 Å². The second kappa shape index (κ2) is 2.52. The minimum Gasteiger partial charge on any atom is -0.478 e. The van der Waals surface area contributed by atoms with E-state index in [4.69, 9.17) is 5.11 Å². The van der Waals surface area contributed by atoms with Gasteiger partial charge < -0.3 is 10.4 Å². The second-order valence-corrected chi connectivity index (χ2v) is 2.81. The van der Waals surface area contributed by atoms with Crippen molar-refractivity contribution in [3.05, 3.63) is 29.3 Å². The number of hydrogen-bond acceptors (Lipinski definition) is 2. The number of carboxylic acids is 1. The van der Waals surface area contributed by atoms with E-state index in [1.807, 2.05) is 6.07 Å². The number of rotatable bonds is 1. The molecule has 3 nitrogen and oxygen atoms in total. The van der Waals surface area contributed by atoms with Gasteiger partial charge in [0.1, 0.15) is 0 Å². The molecule has 12 heavy (non-hydrogen) atoms. The zero-order valence-electron chi connectivity index (χ0n) is 6.50. The van der Waals surface area contributed by atoms with Crippen molar-refractivity contribution in [1.82, 2.24) is 0 Å². The molecule has 62 valence electrons. The van der Waals surface area contributed by atoms with Crippen molar-refractivity contribution >= 4 is 11.7 Å². The van der Waals surface area contributed by atoms with Gasteiger partial charge in [-0.15, -0.1) is 0 Å². The fourth-order valence-corrected chi connectivity index (χ4v) is 1.54. The van der Waals surface area contributed by atoms with Crippen LogP contribution in [-0.2, 0) is 6.42 Å². The van der Waals surface area contributed by atoms with Gasteiger partial charge >= 0.3 is 5.97 Å². The first-order valence-corrected chi connectivity index (χ1v) is 3.88. The molecule has 1 aromatic rings. The largest absolute Gasteiger partial charge is 0.478 e. The van der Waals surface area contributed by atoms with Crippen LogP contribution < -0.4 is 5.32 Å². The zero-order valence-corrected chi connectivity index (χ0v) is 6.50. The van der Waals surface area contributed by atoms with Gasteiger partial charge in [-0.3, -0.25) is 0 Å². The molecule has 0 unspecified atom stereocenters. The Morgan fingerprint density at radius 1 is 1.50 bits per heavy atom. The van der Waals surface area contributed by atoms with Gasteiger partial charge in [0.05, 0.1) is 5.56 Å². The minimum absolute atomic E-state index is 0.428. The first kappa shape index (κ1) is 7.16. The molecule has 3 heteroatoms. The maximum atomic E-state index is 10.7. The molecule has 1 aliphatic heterocycles. The third-order valence-electron chi connectivity index (χ3n) is 2.10. The van der Waals surface area contributed by atoms with Crippen LogP contribution in [0.5, 0.6) is 0 Å². The molecule has 0 atom stereocenters. The molecular weight excluding hydrogens is 154 g/mol. The summed E-state index contributed by atoms with van der Waals surface area (Å²) in [7, 11) is 0. The van der Waals surface area contributed by atoms with E-state index < -0.39 is 5.97 Å². The highest BCUT2D eigenvalue weighted by atomic mass is 16.4. The lowest BCUT2D eigenvalue weighted by Gasteiger charge is -2.01. The van der Waals surface area contributed by atoms with Crippen LogP contribution in [0.3, 0.4) is 0 Å². The number of anilines is 1. The van der Waals surface area contributed by atoms with Crippen molar-refractivity contribution < 1.29 is 9.90 Å². The van der Waals surface area contributed by atoms with Crippen molar-refractivity contribution in [3.63, 3.8) is 0 Å². The van der Waals surface area contributed by atoms with Crippen LogP contribution in [0.15, 0.2) is 18.2 Å². The van der Waals surface area contributed by atoms with E-state index in [1.165, 1.54) is 0 Å². The summed E-state index contributed by atoms with van der Waals surface area (Å²) in [6, 6.07) is 5.32. The summed E-state index contributed by atoms with van der Waals surface area (Å²) in [5.41, 5.74) is 2.33. The summed E-state index contributed by atoms with van der Waals surface area (Å²) in [6.45, 7) is 0.847. The van der Waals surface area contributed by atoms with Gasteiger partial charge in [0.2, 0.25) is 0 Å². The molecule has 0 aliphatic carbocycles. The van der Waals surface area contributed by atoms with Crippen LogP contribution in [0, 0.1) is 0 Å². The number of carbonyl (C=O) groups is 1. The Balaban J connectivity index is 2.56. The average molecular weight is 163 g/mol. The molecule has 1 aromatic carbocycles. The smallest absolute Gasteiger partial charge is 0.336 e. The van der Waals surface area contributed by atoms with E-state index >= 15 is 0 Å². The molecule has 0 spiro atoms. The lowest BCUT2D eigenvalue weighted by molar-refractivity contribution is 0.0696. The Morgan fingerprint density at radius 3 is 3.08 bits per heavy atom. The number of aromatic carboxylic acids is 1. The molecule has 0 radical (unpaired) electrons. The van der Waals surface area contributed by atoms with Crippen molar-refractivity contribution in [2.45, 2.75) is 6.42 Å². The minimum atomic E-state index is -0.837. The lowest BCUT2D eigenvalue weighted by Crippen LogP contribution is -2.00. The summed E-state index contributed by atoms with van der Waals surface area (Å²) in [5.74, 6) is -0.837. The molecule has 0 saturated carbocycles. The fourth-order valence-electron chi connectivity index (χ4n) is 1.54. The van der Waals surface area contributed by atoms with Gasteiger partial charge in [-0.25, -0.2) is 4.79 Å².